The van der Waals surface area contributed by atoms with Crippen molar-refractivity contribution in [1.82, 2.24) is 19.5 Å². The van der Waals surface area contributed by atoms with Crippen molar-refractivity contribution in [1.29, 1.82) is 0 Å². The molecule has 0 amide bonds. The highest BCUT2D eigenvalue weighted by atomic mass is 16.3. The van der Waals surface area contributed by atoms with E-state index in [0.29, 0.717) is 17.5 Å². The van der Waals surface area contributed by atoms with Gasteiger partial charge >= 0.3 is 0 Å². The van der Waals surface area contributed by atoms with Gasteiger partial charge in [-0.15, -0.1) is 0 Å². The van der Waals surface area contributed by atoms with Crippen LogP contribution in [0.15, 0.2) is 199 Å². The van der Waals surface area contributed by atoms with Gasteiger partial charge in [-0.05, 0) is 64.7 Å². The summed E-state index contributed by atoms with van der Waals surface area (Å²) >= 11 is 0. The lowest BCUT2D eigenvalue weighted by Gasteiger charge is -2.16. The summed E-state index contributed by atoms with van der Waals surface area (Å²) in [5.74, 6) is 1.78. The molecule has 0 bridgehead atoms. The first kappa shape index (κ1) is 31.9. The lowest BCUT2D eigenvalue weighted by Crippen LogP contribution is -2.04. The smallest absolute Gasteiger partial charge is 0.166 e. The van der Waals surface area contributed by atoms with E-state index in [1.165, 1.54) is 11.1 Å². The topological polar surface area (TPSA) is 56.7 Å². The van der Waals surface area contributed by atoms with Gasteiger partial charge in [0.1, 0.15) is 11.2 Å². The van der Waals surface area contributed by atoms with E-state index >= 15 is 0 Å². The Morgan fingerprint density at radius 1 is 0.339 bits per heavy atom. The van der Waals surface area contributed by atoms with Crippen molar-refractivity contribution in [3.8, 4) is 62.1 Å². The Bertz CT molecular complexity index is 3070. The number of aromatic nitrogens is 4. The second-order valence-corrected chi connectivity index (χ2v) is 14.0. The zero-order valence-corrected chi connectivity index (χ0v) is 30.2. The van der Waals surface area contributed by atoms with Gasteiger partial charge in [-0.3, -0.25) is 0 Å². The van der Waals surface area contributed by atoms with Crippen LogP contribution in [-0.4, -0.2) is 19.5 Å². The van der Waals surface area contributed by atoms with Crippen LogP contribution < -0.4 is 0 Å². The van der Waals surface area contributed by atoms with E-state index in [1.807, 2.05) is 72.8 Å². The van der Waals surface area contributed by atoms with Crippen molar-refractivity contribution in [3.63, 3.8) is 0 Å². The van der Waals surface area contributed by atoms with Crippen molar-refractivity contribution >= 4 is 43.7 Å². The van der Waals surface area contributed by atoms with Crippen LogP contribution in [0, 0.1) is 0 Å². The van der Waals surface area contributed by atoms with Gasteiger partial charge in [0.05, 0.1) is 22.3 Å². The number of rotatable bonds is 6. The minimum Gasteiger partial charge on any atom is -0.456 e. The maximum absolute atomic E-state index is 6.54. The number of furan rings is 1. The van der Waals surface area contributed by atoms with Crippen molar-refractivity contribution in [2.24, 2.45) is 0 Å². The summed E-state index contributed by atoms with van der Waals surface area (Å²) in [6.45, 7) is 0. The second-order valence-electron chi connectivity index (χ2n) is 14.0. The fraction of sp³-hybridized carbons (Fsp3) is 0. The van der Waals surface area contributed by atoms with Gasteiger partial charge in [0.25, 0.3) is 0 Å². The molecule has 3 heterocycles. The molecule has 0 aliphatic rings. The van der Waals surface area contributed by atoms with Gasteiger partial charge in [-0.2, -0.15) is 0 Å². The minimum absolute atomic E-state index is 0.571. The molecule has 56 heavy (non-hydrogen) atoms. The Hall–Kier alpha value is -7.63. The molecule has 5 heteroatoms. The molecule has 262 valence electrons. The van der Waals surface area contributed by atoms with Crippen LogP contribution in [0.3, 0.4) is 0 Å². The van der Waals surface area contributed by atoms with E-state index in [-0.39, 0.29) is 0 Å². The number of hydrogen-bond donors (Lipinski definition) is 0. The average Bonchev–Trinajstić information content (AvgIpc) is 3.82. The number of hydrogen-bond acceptors (Lipinski definition) is 4. The zero-order chi connectivity index (χ0) is 37.0. The normalized spacial score (nSPS) is 11.6. The van der Waals surface area contributed by atoms with Crippen molar-refractivity contribution in [2.75, 3.05) is 0 Å². The fourth-order valence-corrected chi connectivity index (χ4v) is 8.04. The molecule has 0 atom stereocenters. The predicted octanol–water partition coefficient (Wildman–Crippen LogP) is 13.2. The quantitative estimate of drug-likeness (QED) is 0.172. The molecule has 11 aromatic rings. The summed E-state index contributed by atoms with van der Waals surface area (Å²) in [7, 11) is 0. The third-order valence-corrected chi connectivity index (χ3v) is 10.7. The monoisotopic (exact) mass is 716 g/mol. The van der Waals surface area contributed by atoms with Crippen molar-refractivity contribution < 1.29 is 4.42 Å². The highest BCUT2D eigenvalue weighted by molar-refractivity contribution is 6.16. The molecule has 0 spiro atoms. The fourth-order valence-electron chi connectivity index (χ4n) is 8.04. The van der Waals surface area contributed by atoms with E-state index in [4.69, 9.17) is 19.4 Å². The average molecular weight is 717 g/mol. The van der Waals surface area contributed by atoms with Crippen molar-refractivity contribution in [2.45, 2.75) is 0 Å². The Morgan fingerprint density at radius 2 is 0.804 bits per heavy atom. The van der Waals surface area contributed by atoms with E-state index < -0.39 is 0 Å². The molecule has 11 rings (SSSR count). The first-order valence-corrected chi connectivity index (χ1v) is 18.8. The molecule has 3 aromatic heterocycles. The Kier molecular flexibility index (Phi) is 7.42. The van der Waals surface area contributed by atoms with Crippen LogP contribution in [0.5, 0.6) is 0 Å². The third kappa shape index (κ3) is 5.29. The van der Waals surface area contributed by atoms with Crippen molar-refractivity contribution in [3.05, 3.63) is 194 Å². The second kappa shape index (κ2) is 13.0. The number of para-hydroxylation sites is 1. The Morgan fingerprint density at radius 3 is 1.34 bits per heavy atom. The predicted molar refractivity (Wildman–Crippen MR) is 229 cm³/mol. The SMILES string of the molecule is c1ccc(-c2ccc3c(c2)c2cc(-c4ccccc4)ccc2n3-c2ccc3oc4ccccc4c3c2-c2nc(-c3ccccc3)nc(-c3ccccc3)n2)cc1. The standard InChI is InChI=1S/C51H32N4O/c1-5-15-33(16-6-1)37-25-27-42-40(31-37)41-32-38(34-17-7-2-8-18-34)26-28-43(41)55(42)44-29-30-46-47(39-23-13-14-24-45(39)56-46)48(44)51-53-49(35-19-9-3-10-20-35)52-50(54-51)36-21-11-4-12-22-36/h1-32H. The van der Waals surface area contributed by atoms with E-state index in [9.17, 15) is 0 Å². The number of benzene rings is 8. The molecule has 0 N–H and O–H groups in total. The molecule has 0 radical (unpaired) electrons. The molecule has 0 saturated carbocycles. The largest absolute Gasteiger partial charge is 0.456 e. The van der Waals surface area contributed by atoms with Gasteiger partial charge in [-0.1, -0.05) is 152 Å². The summed E-state index contributed by atoms with van der Waals surface area (Å²) in [5.41, 5.74) is 12.1. The van der Waals surface area contributed by atoms with E-state index in [2.05, 4.69) is 126 Å². The van der Waals surface area contributed by atoms with Crippen LogP contribution in [0.25, 0.3) is 106 Å². The van der Waals surface area contributed by atoms with Crippen LogP contribution in [0.1, 0.15) is 0 Å². The van der Waals surface area contributed by atoms with Gasteiger partial charge < -0.3 is 8.98 Å². The number of nitrogens with zero attached hydrogens (tertiary/aromatic N) is 4. The minimum atomic E-state index is 0.571. The summed E-state index contributed by atoms with van der Waals surface area (Å²) < 4.78 is 8.91. The molecule has 0 aliphatic heterocycles. The Balaban J connectivity index is 1.26. The number of fused-ring (bicyclic) bond motifs is 6. The first-order valence-electron chi connectivity index (χ1n) is 18.8. The highest BCUT2D eigenvalue weighted by Gasteiger charge is 2.25. The third-order valence-electron chi connectivity index (χ3n) is 10.7. The Labute approximate surface area is 322 Å². The molecular weight excluding hydrogens is 685 g/mol. The highest BCUT2D eigenvalue weighted by Crippen LogP contribution is 2.44. The molecule has 8 aromatic carbocycles. The molecule has 0 fully saturated rings. The van der Waals surface area contributed by atoms with Gasteiger partial charge in [-0.25, -0.2) is 15.0 Å². The van der Waals surface area contributed by atoms with Crippen LogP contribution in [-0.2, 0) is 0 Å². The van der Waals surface area contributed by atoms with Crippen LogP contribution >= 0.6 is 0 Å². The molecule has 5 nitrogen and oxygen atoms in total. The summed E-state index contributed by atoms with van der Waals surface area (Å²) in [5, 5.41) is 4.28. The maximum atomic E-state index is 6.54. The van der Waals surface area contributed by atoms with E-state index in [1.54, 1.807) is 0 Å². The molecule has 0 unspecified atom stereocenters. The summed E-state index contributed by atoms with van der Waals surface area (Å²) in [6.07, 6.45) is 0. The lowest BCUT2D eigenvalue weighted by molar-refractivity contribution is 0.669. The van der Waals surface area contributed by atoms with Crippen LogP contribution in [0.4, 0.5) is 0 Å². The summed E-state index contributed by atoms with van der Waals surface area (Å²) in [4.78, 5) is 15.6. The maximum Gasteiger partial charge on any atom is 0.166 e. The molecule has 0 aliphatic carbocycles. The molecule has 0 saturated heterocycles. The van der Waals surface area contributed by atoms with Gasteiger partial charge in [0.15, 0.2) is 17.5 Å². The van der Waals surface area contributed by atoms with Crippen LogP contribution in [0.2, 0.25) is 0 Å². The zero-order valence-electron chi connectivity index (χ0n) is 30.2. The molecular formula is C51H32N4O. The van der Waals surface area contributed by atoms with E-state index in [0.717, 1.165) is 77.2 Å². The first-order chi connectivity index (χ1) is 27.8. The summed E-state index contributed by atoms with van der Waals surface area (Å²) in [6, 6.07) is 67.5. The lowest BCUT2D eigenvalue weighted by atomic mass is 10.0. The van der Waals surface area contributed by atoms with Gasteiger partial charge in [0.2, 0.25) is 0 Å². The van der Waals surface area contributed by atoms with Gasteiger partial charge in [0, 0.05) is 32.7 Å².